The Kier molecular flexibility index (Phi) is 5.16. The van der Waals surface area contributed by atoms with Crippen LogP contribution in [0.2, 0.25) is 0 Å². The maximum atomic E-state index is 11.7. The monoisotopic (exact) mass is 250 g/mol. The van der Waals surface area contributed by atoms with E-state index < -0.39 is 0 Å². The van der Waals surface area contributed by atoms with Crippen LogP contribution in [-0.2, 0) is 4.74 Å². The zero-order valence-corrected chi connectivity index (χ0v) is 11.3. The van der Waals surface area contributed by atoms with Crippen molar-refractivity contribution in [3.63, 3.8) is 0 Å². The molecule has 0 bridgehead atoms. The van der Waals surface area contributed by atoms with E-state index in [0.717, 1.165) is 18.7 Å². The molecule has 1 aromatic carbocycles. The van der Waals surface area contributed by atoms with E-state index in [9.17, 15) is 4.79 Å². The third kappa shape index (κ3) is 4.75. The molecular weight excluding hydrogens is 228 g/mol. The van der Waals surface area contributed by atoms with E-state index in [1.165, 1.54) is 0 Å². The van der Waals surface area contributed by atoms with Crippen LogP contribution in [0.25, 0.3) is 0 Å². The van der Waals surface area contributed by atoms with Crippen molar-refractivity contribution < 1.29 is 9.53 Å². The van der Waals surface area contributed by atoms with Gasteiger partial charge in [-0.1, -0.05) is 12.1 Å². The maximum absolute atomic E-state index is 11.7. The summed E-state index contributed by atoms with van der Waals surface area (Å²) in [7, 11) is 0. The van der Waals surface area contributed by atoms with Crippen LogP contribution in [-0.4, -0.2) is 24.7 Å². The molecule has 100 valence electrons. The van der Waals surface area contributed by atoms with E-state index in [1.54, 1.807) is 13.0 Å². The summed E-state index contributed by atoms with van der Waals surface area (Å²) in [5, 5.41) is 3.23. The third-order valence-electron chi connectivity index (χ3n) is 2.51. The molecule has 0 saturated heterocycles. The molecule has 0 aliphatic heterocycles. The molecule has 4 heteroatoms. The Morgan fingerprint density at radius 2 is 2.06 bits per heavy atom. The first-order chi connectivity index (χ1) is 8.44. The highest BCUT2D eigenvalue weighted by atomic mass is 16.5. The molecule has 3 N–H and O–H groups in total. The van der Waals surface area contributed by atoms with Gasteiger partial charge < -0.3 is 15.8 Å². The first-order valence-electron chi connectivity index (χ1n) is 6.23. The number of carbonyl (C=O) groups is 1. The van der Waals surface area contributed by atoms with E-state index in [1.807, 2.05) is 32.0 Å². The quantitative estimate of drug-likeness (QED) is 0.761. The molecule has 0 amide bonds. The van der Waals surface area contributed by atoms with Crippen molar-refractivity contribution in [3.05, 3.63) is 29.8 Å². The van der Waals surface area contributed by atoms with Crippen molar-refractivity contribution in [2.24, 2.45) is 5.73 Å². The highest BCUT2D eigenvalue weighted by Gasteiger charge is 2.13. The Morgan fingerprint density at radius 3 is 2.67 bits per heavy atom. The zero-order valence-electron chi connectivity index (χ0n) is 11.3. The second-order valence-electron chi connectivity index (χ2n) is 4.93. The lowest BCUT2D eigenvalue weighted by molar-refractivity contribution is 0.0527. The van der Waals surface area contributed by atoms with Crippen LogP contribution in [0, 0.1) is 0 Å². The van der Waals surface area contributed by atoms with Crippen LogP contribution in [0.1, 0.15) is 37.6 Å². The lowest BCUT2D eigenvalue weighted by Crippen LogP contribution is -2.34. The first kappa shape index (κ1) is 14.5. The molecule has 0 aliphatic rings. The first-order valence-corrected chi connectivity index (χ1v) is 6.23. The molecule has 1 rings (SSSR count). The highest BCUT2D eigenvalue weighted by Crippen LogP contribution is 2.16. The molecule has 1 aromatic rings. The van der Waals surface area contributed by atoms with E-state index in [0.29, 0.717) is 12.2 Å². The number of ether oxygens (including phenoxy) is 1. The molecule has 0 atom stereocenters. The fraction of sp³-hybridized carbons (Fsp3) is 0.500. The number of hydrogen-bond donors (Lipinski definition) is 2. The maximum Gasteiger partial charge on any atom is 0.340 e. The van der Waals surface area contributed by atoms with Crippen molar-refractivity contribution in [2.75, 3.05) is 18.5 Å². The number of esters is 1. The summed E-state index contributed by atoms with van der Waals surface area (Å²) in [6, 6.07) is 7.34. The summed E-state index contributed by atoms with van der Waals surface area (Å²) in [6.07, 6.45) is 0.824. The largest absolute Gasteiger partial charge is 0.462 e. The van der Waals surface area contributed by atoms with Gasteiger partial charge in [-0.25, -0.2) is 4.79 Å². The van der Waals surface area contributed by atoms with Gasteiger partial charge in [0.2, 0.25) is 0 Å². The third-order valence-corrected chi connectivity index (χ3v) is 2.51. The Labute approximate surface area is 109 Å². The van der Waals surface area contributed by atoms with Crippen molar-refractivity contribution in [1.29, 1.82) is 0 Å². The highest BCUT2D eigenvalue weighted by molar-refractivity contribution is 5.95. The minimum Gasteiger partial charge on any atom is -0.462 e. The number of anilines is 1. The van der Waals surface area contributed by atoms with Gasteiger partial charge in [0.05, 0.1) is 12.2 Å². The zero-order chi connectivity index (χ0) is 13.6. The number of carbonyl (C=O) groups excluding carboxylic acids is 1. The SMILES string of the molecule is CCOC(=O)c1ccccc1NCCC(C)(C)N. The number of para-hydroxylation sites is 1. The van der Waals surface area contributed by atoms with E-state index in [4.69, 9.17) is 10.5 Å². The Hall–Kier alpha value is -1.55. The number of nitrogens with two attached hydrogens (primary N) is 1. The molecular formula is C14H22N2O2. The standard InChI is InChI=1S/C14H22N2O2/c1-4-18-13(17)11-7-5-6-8-12(11)16-10-9-14(2,3)15/h5-8,16H,4,9-10,15H2,1-3H3. The molecule has 0 aliphatic carbocycles. The number of benzene rings is 1. The van der Waals surface area contributed by atoms with E-state index >= 15 is 0 Å². The van der Waals surface area contributed by atoms with Crippen LogP contribution in [0.15, 0.2) is 24.3 Å². The molecule has 18 heavy (non-hydrogen) atoms. The summed E-state index contributed by atoms with van der Waals surface area (Å²) in [6.45, 7) is 6.85. The summed E-state index contributed by atoms with van der Waals surface area (Å²) in [5.41, 5.74) is 7.05. The number of nitrogens with one attached hydrogen (secondary N) is 1. The van der Waals surface area contributed by atoms with Crippen LogP contribution >= 0.6 is 0 Å². The molecule has 0 saturated carbocycles. The Bertz CT molecular complexity index is 397. The average Bonchev–Trinajstić information content (AvgIpc) is 2.28. The smallest absolute Gasteiger partial charge is 0.340 e. The topological polar surface area (TPSA) is 64.3 Å². The second kappa shape index (κ2) is 6.40. The lowest BCUT2D eigenvalue weighted by atomic mass is 10.0. The number of hydrogen-bond acceptors (Lipinski definition) is 4. The number of rotatable bonds is 6. The molecule has 0 spiro atoms. The lowest BCUT2D eigenvalue weighted by Gasteiger charge is -2.19. The van der Waals surface area contributed by atoms with Crippen molar-refractivity contribution in [1.82, 2.24) is 0 Å². The van der Waals surface area contributed by atoms with Gasteiger partial charge in [-0.2, -0.15) is 0 Å². The molecule has 4 nitrogen and oxygen atoms in total. The predicted molar refractivity (Wildman–Crippen MR) is 73.8 cm³/mol. The summed E-state index contributed by atoms with van der Waals surface area (Å²) in [5.74, 6) is -0.299. The normalized spacial score (nSPS) is 11.1. The summed E-state index contributed by atoms with van der Waals surface area (Å²) in [4.78, 5) is 11.7. The Balaban J connectivity index is 2.68. The fourth-order valence-electron chi connectivity index (χ4n) is 1.54. The molecule has 0 heterocycles. The van der Waals surface area contributed by atoms with Gasteiger partial charge in [0.25, 0.3) is 0 Å². The minimum atomic E-state index is -0.299. The van der Waals surface area contributed by atoms with Gasteiger partial charge in [0.1, 0.15) is 0 Å². The summed E-state index contributed by atoms with van der Waals surface area (Å²) >= 11 is 0. The average molecular weight is 250 g/mol. The van der Waals surface area contributed by atoms with Gasteiger partial charge in [-0.3, -0.25) is 0 Å². The van der Waals surface area contributed by atoms with E-state index in [2.05, 4.69) is 5.32 Å². The van der Waals surface area contributed by atoms with Crippen molar-refractivity contribution >= 4 is 11.7 Å². The van der Waals surface area contributed by atoms with E-state index in [-0.39, 0.29) is 11.5 Å². The van der Waals surface area contributed by atoms with Gasteiger partial charge in [0.15, 0.2) is 0 Å². The molecule has 0 radical (unpaired) electrons. The van der Waals surface area contributed by atoms with Gasteiger partial charge in [-0.05, 0) is 39.3 Å². The van der Waals surface area contributed by atoms with Crippen LogP contribution < -0.4 is 11.1 Å². The predicted octanol–water partition coefficient (Wildman–Crippen LogP) is 2.40. The molecule has 0 fully saturated rings. The van der Waals surface area contributed by atoms with Gasteiger partial charge in [-0.15, -0.1) is 0 Å². The second-order valence-corrected chi connectivity index (χ2v) is 4.93. The molecule has 0 unspecified atom stereocenters. The van der Waals surface area contributed by atoms with Gasteiger partial charge >= 0.3 is 5.97 Å². The summed E-state index contributed by atoms with van der Waals surface area (Å²) < 4.78 is 5.01. The Morgan fingerprint density at radius 1 is 1.39 bits per heavy atom. The van der Waals surface area contributed by atoms with Crippen molar-refractivity contribution in [2.45, 2.75) is 32.7 Å². The van der Waals surface area contributed by atoms with Crippen LogP contribution in [0.4, 0.5) is 5.69 Å². The van der Waals surface area contributed by atoms with Gasteiger partial charge in [0, 0.05) is 17.8 Å². The minimum absolute atomic E-state index is 0.216. The van der Waals surface area contributed by atoms with Crippen molar-refractivity contribution in [3.8, 4) is 0 Å². The fourth-order valence-corrected chi connectivity index (χ4v) is 1.54. The molecule has 0 aromatic heterocycles. The van der Waals surface area contributed by atoms with Crippen LogP contribution in [0.3, 0.4) is 0 Å². The van der Waals surface area contributed by atoms with Crippen LogP contribution in [0.5, 0.6) is 0 Å².